The first-order valence-corrected chi connectivity index (χ1v) is 6.85. The van der Waals surface area contributed by atoms with Gasteiger partial charge in [0.25, 0.3) is 0 Å². The summed E-state index contributed by atoms with van der Waals surface area (Å²) in [5, 5.41) is 10.3. The average Bonchev–Trinajstić information content (AvgIpc) is 2.43. The second-order valence-corrected chi connectivity index (χ2v) is 5.17. The molecule has 1 unspecified atom stereocenters. The van der Waals surface area contributed by atoms with Gasteiger partial charge < -0.3 is 9.84 Å². The fourth-order valence-corrected chi connectivity index (χ4v) is 2.12. The maximum absolute atomic E-state index is 13.2. The van der Waals surface area contributed by atoms with E-state index in [4.69, 9.17) is 4.74 Å². The zero-order valence-electron chi connectivity index (χ0n) is 12.0. The lowest BCUT2D eigenvalue weighted by Crippen LogP contribution is -2.10. The predicted molar refractivity (Wildman–Crippen MR) is 77.2 cm³/mol. The second kappa shape index (κ2) is 6.68. The summed E-state index contributed by atoms with van der Waals surface area (Å²) in [6, 6.07) is 10.8. The van der Waals surface area contributed by atoms with Crippen molar-refractivity contribution >= 4 is 0 Å². The number of para-hydroxylation sites is 1. The summed E-state index contributed by atoms with van der Waals surface area (Å²) in [7, 11) is 0. The zero-order chi connectivity index (χ0) is 15.4. The molecule has 2 aromatic carbocycles. The molecule has 0 radical (unpaired) electrons. The van der Waals surface area contributed by atoms with E-state index in [0.29, 0.717) is 16.9 Å². The number of aliphatic hydroxyl groups excluding tert-OH is 1. The van der Waals surface area contributed by atoms with Gasteiger partial charge in [0.15, 0.2) is 11.6 Å². The van der Waals surface area contributed by atoms with Crippen LogP contribution in [0.5, 0.6) is 5.75 Å². The third-order valence-electron chi connectivity index (χ3n) is 3.05. The van der Waals surface area contributed by atoms with Crippen LogP contribution in [0.2, 0.25) is 0 Å². The van der Waals surface area contributed by atoms with Crippen molar-refractivity contribution in [3.63, 3.8) is 0 Å². The maximum Gasteiger partial charge on any atom is 0.159 e. The predicted octanol–water partition coefficient (Wildman–Crippen LogP) is 4.03. The van der Waals surface area contributed by atoms with Crippen LogP contribution >= 0.6 is 0 Å². The summed E-state index contributed by atoms with van der Waals surface area (Å²) in [4.78, 5) is 0. The van der Waals surface area contributed by atoms with Crippen LogP contribution in [0.15, 0.2) is 42.5 Å². The van der Waals surface area contributed by atoms with Gasteiger partial charge in [0.05, 0.1) is 12.2 Å². The Kier molecular flexibility index (Phi) is 4.91. The van der Waals surface area contributed by atoms with Gasteiger partial charge in [-0.3, -0.25) is 0 Å². The molecule has 4 heteroatoms. The largest absolute Gasteiger partial charge is 0.491 e. The van der Waals surface area contributed by atoms with Crippen LogP contribution in [-0.4, -0.2) is 11.2 Å². The van der Waals surface area contributed by atoms with E-state index in [1.54, 1.807) is 18.2 Å². The zero-order valence-corrected chi connectivity index (χ0v) is 12.0. The molecule has 2 aromatic rings. The van der Waals surface area contributed by atoms with Crippen molar-refractivity contribution in [2.45, 2.75) is 32.5 Å². The SMILES string of the molecule is CC(C)Oc1ccccc1C(O)Cc1ccc(F)c(F)c1. The smallest absolute Gasteiger partial charge is 0.159 e. The van der Waals surface area contributed by atoms with Crippen LogP contribution in [0.1, 0.15) is 31.1 Å². The highest BCUT2D eigenvalue weighted by molar-refractivity contribution is 5.36. The Bertz CT molecular complexity index is 611. The van der Waals surface area contributed by atoms with Crippen molar-refractivity contribution in [3.8, 4) is 5.75 Å². The Morgan fingerprint density at radius 1 is 1.05 bits per heavy atom. The number of aliphatic hydroxyl groups is 1. The molecule has 0 aliphatic heterocycles. The minimum Gasteiger partial charge on any atom is -0.491 e. The fraction of sp³-hybridized carbons (Fsp3) is 0.294. The van der Waals surface area contributed by atoms with Gasteiger partial charge in [-0.25, -0.2) is 8.78 Å². The Labute approximate surface area is 123 Å². The Morgan fingerprint density at radius 3 is 2.43 bits per heavy atom. The van der Waals surface area contributed by atoms with Gasteiger partial charge in [-0.15, -0.1) is 0 Å². The maximum atomic E-state index is 13.2. The van der Waals surface area contributed by atoms with Crippen LogP contribution in [0, 0.1) is 11.6 Å². The molecule has 0 bridgehead atoms. The van der Waals surface area contributed by atoms with E-state index in [1.165, 1.54) is 6.07 Å². The molecule has 21 heavy (non-hydrogen) atoms. The van der Waals surface area contributed by atoms with E-state index in [9.17, 15) is 13.9 Å². The first kappa shape index (κ1) is 15.4. The Balaban J connectivity index is 2.19. The van der Waals surface area contributed by atoms with E-state index in [0.717, 1.165) is 12.1 Å². The fourth-order valence-electron chi connectivity index (χ4n) is 2.12. The first-order valence-electron chi connectivity index (χ1n) is 6.85. The third-order valence-corrected chi connectivity index (χ3v) is 3.05. The lowest BCUT2D eigenvalue weighted by Gasteiger charge is -2.18. The van der Waals surface area contributed by atoms with Crippen molar-refractivity contribution in [2.75, 3.05) is 0 Å². The highest BCUT2D eigenvalue weighted by Crippen LogP contribution is 2.28. The number of ether oxygens (including phenoxy) is 1. The molecular formula is C17H18F2O2. The minimum absolute atomic E-state index is 0.0124. The molecule has 0 saturated carbocycles. The van der Waals surface area contributed by atoms with Gasteiger partial charge in [0.2, 0.25) is 0 Å². The third kappa shape index (κ3) is 4.02. The Morgan fingerprint density at radius 2 is 1.76 bits per heavy atom. The molecule has 112 valence electrons. The van der Waals surface area contributed by atoms with Crippen LogP contribution < -0.4 is 4.74 Å². The van der Waals surface area contributed by atoms with E-state index in [2.05, 4.69) is 0 Å². The summed E-state index contributed by atoms with van der Waals surface area (Å²) >= 11 is 0. The molecule has 0 aliphatic carbocycles. The summed E-state index contributed by atoms with van der Waals surface area (Å²) in [6.07, 6.45) is -0.665. The minimum atomic E-state index is -0.911. The van der Waals surface area contributed by atoms with E-state index in [-0.39, 0.29) is 12.5 Å². The molecule has 2 nitrogen and oxygen atoms in total. The number of hydrogen-bond acceptors (Lipinski definition) is 2. The number of rotatable bonds is 5. The standard InChI is InChI=1S/C17H18F2O2/c1-11(2)21-17-6-4-3-5-13(17)16(20)10-12-7-8-14(18)15(19)9-12/h3-9,11,16,20H,10H2,1-2H3. The van der Waals surface area contributed by atoms with E-state index < -0.39 is 17.7 Å². The van der Waals surface area contributed by atoms with Crippen molar-refractivity contribution in [2.24, 2.45) is 0 Å². The number of hydrogen-bond donors (Lipinski definition) is 1. The molecule has 0 aliphatic rings. The molecule has 0 saturated heterocycles. The Hall–Kier alpha value is -1.94. The molecule has 0 heterocycles. The molecule has 0 aromatic heterocycles. The molecule has 0 fully saturated rings. The average molecular weight is 292 g/mol. The number of benzene rings is 2. The lowest BCUT2D eigenvalue weighted by molar-refractivity contribution is 0.166. The van der Waals surface area contributed by atoms with Gasteiger partial charge in [-0.05, 0) is 37.6 Å². The van der Waals surface area contributed by atoms with Gasteiger partial charge in [0, 0.05) is 12.0 Å². The van der Waals surface area contributed by atoms with Crippen molar-refractivity contribution in [3.05, 3.63) is 65.2 Å². The van der Waals surface area contributed by atoms with Crippen molar-refractivity contribution in [1.29, 1.82) is 0 Å². The monoisotopic (exact) mass is 292 g/mol. The summed E-state index contributed by atoms with van der Waals surface area (Å²) in [5.74, 6) is -1.20. The molecular weight excluding hydrogens is 274 g/mol. The summed E-state index contributed by atoms with van der Waals surface area (Å²) in [6.45, 7) is 3.80. The number of halogens is 2. The quantitative estimate of drug-likeness (QED) is 0.901. The van der Waals surface area contributed by atoms with Crippen molar-refractivity contribution in [1.82, 2.24) is 0 Å². The van der Waals surface area contributed by atoms with Crippen LogP contribution in [0.4, 0.5) is 8.78 Å². The van der Waals surface area contributed by atoms with Gasteiger partial charge >= 0.3 is 0 Å². The molecule has 0 amide bonds. The summed E-state index contributed by atoms with van der Waals surface area (Å²) < 4.78 is 31.8. The highest BCUT2D eigenvalue weighted by Gasteiger charge is 2.15. The van der Waals surface area contributed by atoms with Crippen LogP contribution in [0.3, 0.4) is 0 Å². The molecule has 1 N–H and O–H groups in total. The van der Waals surface area contributed by atoms with E-state index >= 15 is 0 Å². The molecule has 1 atom stereocenters. The van der Waals surface area contributed by atoms with Gasteiger partial charge in [-0.1, -0.05) is 24.3 Å². The van der Waals surface area contributed by atoms with Crippen LogP contribution in [0.25, 0.3) is 0 Å². The first-order chi connectivity index (χ1) is 9.97. The molecule has 2 rings (SSSR count). The van der Waals surface area contributed by atoms with E-state index in [1.807, 2.05) is 19.9 Å². The lowest BCUT2D eigenvalue weighted by atomic mass is 10.0. The van der Waals surface area contributed by atoms with Crippen LogP contribution in [-0.2, 0) is 6.42 Å². The summed E-state index contributed by atoms with van der Waals surface area (Å²) in [5.41, 5.74) is 1.16. The van der Waals surface area contributed by atoms with Gasteiger partial charge in [-0.2, -0.15) is 0 Å². The van der Waals surface area contributed by atoms with Crippen molar-refractivity contribution < 1.29 is 18.6 Å². The topological polar surface area (TPSA) is 29.5 Å². The normalized spacial score (nSPS) is 12.5. The molecule has 0 spiro atoms. The second-order valence-electron chi connectivity index (χ2n) is 5.17. The van der Waals surface area contributed by atoms with Gasteiger partial charge in [0.1, 0.15) is 5.75 Å². The highest BCUT2D eigenvalue weighted by atomic mass is 19.2.